The molecule has 5 nitrogen and oxygen atoms in total. The minimum Gasteiger partial charge on any atom is -0.325 e. The lowest BCUT2D eigenvalue weighted by Gasteiger charge is -2.11. The Morgan fingerprint density at radius 1 is 1.16 bits per heavy atom. The highest BCUT2D eigenvalue weighted by molar-refractivity contribution is 7.99. The molecule has 31 heavy (non-hydrogen) atoms. The zero-order valence-electron chi connectivity index (χ0n) is 16.2. The maximum Gasteiger partial charge on any atom is 0.416 e. The number of hydrogen-bond donors (Lipinski definition) is 1. The Hall–Kier alpha value is -2.78. The highest BCUT2D eigenvalue weighted by atomic mass is 35.5. The van der Waals surface area contributed by atoms with E-state index in [4.69, 9.17) is 11.6 Å². The van der Waals surface area contributed by atoms with E-state index in [1.54, 1.807) is 0 Å². The van der Waals surface area contributed by atoms with Gasteiger partial charge in [-0.25, -0.2) is 0 Å². The van der Waals surface area contributed by atoms with E-state index < -0.39 is 17.6 Å². The number of benzene rings is 2. The van der Waals surface area contributed by atoms with Gasteiger partial charge in [0.1, 0.15) is 0 Å². The highest BCUT2D eigenvalue weighted by Gasteiger charge is 2.31. The van der Waals surface area contributed by atoms with E-state index in [1.165, 1.54) is 11.8 Å². The molecule has 0 spiro atoms. The van der Waals surface area contributed by atoms with Gasteiger partial charge in [0.2, 0.25) is 5.91 Å². The number of carbonyl (C=O) groups is 1. The first-order valence-electron chi connectivity index (χ1n) is 9.27. The topological polar surface area (TPSA) is 59.3 Å². The van der Waals surface area contributed by atoms with Gasteiger partial charge in [-0.15, -0.1) is 10.2 Å². The molecule has 4 aromatic rings. The molecule has 0 saturated carbocycles. The van der Waals surface area contributed by atoms with Crippen LogP contribution >= 0.6 is 23.4 Å². The summed E-state index contributed by atoms with van der Waals surface area (Å²) >= 11 is 7.27. The third-order valence-corrected chi connectivity index (χ3v) is 5.96. The SMILES string of the molecule is Cc1cc2nnc(SCCC(=O)Nc3cc(C(F)(F)F)ccc3Cl)n2c2ccccc12. The Labute approximate surface area is 184 Å². The average Bonchev–Trinajstić information content (AvgIpc) is 3.12. The summed E-state index contributed by atoms with van der Waals surface area (Å²) in [4.78, 5) is 12.3. The van der Waals surface area contributed by atoms with Crippen LogP contribution in [0.25, 0.3) is 16.6 Å². The van der Waals surface area contributed by atoms with Crippen LogP contribution in [0.1, 0.15) is 17.5 Å². The number of nitrogens with zero attached hydrogens (tertiary/aromatic N) is 3. The Balaban J connectivity index is 1.46. The first-order valence-corrected chi connectivity index (χ1v) is 10.6. The number of aromatic nitrogens is 3. The van der Waals surface area contributed by atoms with Crippen LogP contribution in [0.5, 0.6) is 0 Å². The minimum atomic E-state index is -4.52. The fraction of sp³-hybridized carbons (Fsp3) is 0.190. The van der Waals surface area contributed by atoms with Gasteiger partial charge in [-0.05, 0) is 42.8 Å². The fourth-order valence-electron chi connectivity index (χ4n) is 3.21. The number of rotatable bonds is 5. The smallest absolute Gasteiger partial charge is 0.325 e. The number of fused-ring (bicyclic) bond motifs is 3. The van der Waals surface area contributed by atoms with Crippen molar-refractivity contribution in [1.29, 1.82) is 0 Å². The number of anilines is 1. The highest BCUT2D eigenvalue weighted by Crippen LogP contribution is 2.34. The van der Waals surface area contributed by atoms with Crippen LogP contribution in [0.3, 0.4) is 0 Å². The maximum atomic E-state index is 12.9. The maximum absolute atomic E-state index is 12.9. The molecule has 2 heterocycles. The van der Waals surface area contributed by atoms with Crippen LogP contribution in [0, 0.1) is 6.92 Å². The zero-order chi connectivity index (χ0) is 22.2. The van der Waals surface area contributed by atoms with Gasteiger partial charge in [0.25, 0.3) is 0 Å². The first kappa shape index (κ1) is 21.5. The van der Waals surface area contributed by atoms with Gasteiger partial charge in [-0.1, -0.05) is 41.6 Å². The Kier molecular flexibility index (Phi) is 5.81. The molecular weight excluding hydrogens is 449 g/mol. The molecule has 0 aliphatic heterocycles. The second-order valence-corrected chi connectivity index (χ2v) is 8.33. The zero-order valence-corrected chi connectivity index (χ0v) is 17.8. The molecule has 0 fully saturated rings. The molecule has 10 heteroatoms. The van der Waals surface area contributed by atoms with Gasteiger partial charge in [-0.2, -0.15) is 13.2 Å². The van der Waals surface area contributed by atoms with E-state index in [0.29, 0.717) is 16.6 Å². The molecule has 2 aromatic carbocycles. The molecule has 0 atom stereocenters. The number of amides is 1. The largest absolute Gasteiger partial charge is 0.416 e. The molecule has 0 unspecified atom stereocenters. The molecule has 1 N–H and O–H groups in total. The summed E-state index contributed by atoms with van der Waals surface area (Å²) in [6.07, 6.45) is -4.45. The van der Waals surface area contributed by atoms with Crippen molar-refractivity contribution < 1.29 is 18.0 Å². The van der Waals surface area contributed by atoms with E-state index in [-0.39, 0.29) is 17.1 Å². The summed E-state index contributed by atoms with van der Waals surface area (Å²) in [5, 5.41) is 12.6. The van der Waals surface area contributed by atoms with E-state index >= 15 is 0 Å². The number of halogens is 4. The van der Waals surface area contributed by atoms with Crippen molar-refractivity contribution in [2.45, 2.75) is 24.7 Å². The fourth-order valence-corrected chi connectivity index (χ4v) is 4.27. The summed E-state index contributed by atoms with van der Waals surface area (Å²) in [5.74, 6) is -0.0750. The molecule has 0 bridgehead atoms. The number of thioether (sulfide) groups is 1. The Morgan fingerprint density at radius 3 is 2.71 bits per heavy atom. The van der Waals surface area contributed by atoms with E-state index in [9.17, 15) is 18.0 Å². The van der Waals surface area contributed by atoms with Gasteiger partial charge in [0.05, 0.1) is 21.8 Å². The third-order valence-electron chi connectivity index (χ3n) is 4.70. The molecule has 160 valence electrons. The van der Waals surface area contributed by atoms with Crippen molar-refractivity contribution in [3.8, 4) is 0 Å². The number of nitrogens with one attached hydrogen (secondary N) is 1. The van der Waals surface area contributed by atoms with Crippen LogP contribution in [-0.2, 0) is 11.0 Å². The normalized spacial score (nSPS) is 11.9. The van der Waals surface area contributed by atoms with Crippen molar-refractivity contribution in [2.24, 2.45) is 0 Å². The molecule has 4 rings (SSSR count). The number of alkyl halides is 3. The minimum absolute atomic E-state index is 0.0410. The predicted octanol–water partition coefficient (Wildman–Crippen LogP) is 5.98. The van der Waals surface area contributed by atoms with Crippen molar-refractivity contribution in [3.05, 3.63) is 64.7 Å². The summed E-state index contributed by atoms with van der Waals surface area (Å²) in [7, 11) is 0. The molecule has 0 aliphatic rings. The second kappa shape index (κ2) is 8.39. The van der Waals surface area contributed by atoms with Gasteiger partial charge in [0, 0.05) is 17.6 Å². The van der Waals surface area contributed by atoms with Crippen LogP contribution < -0.4 is 5.32 Å². The summed E-state index contributed by atoms with van der Waals surface area (Å²) < 4.78 is 40.6. The number of carbonyl (C=O) groups excluding carboxylic acids is 1. The monoisotopic (exact) mass is 464 g/mol. The Morgan fingerprint density at radius 2 is 1.94 bits per heavy atom. The van der Waals surface area contributed by atoms with Gasteiger partial charge in [-0.3, -0.25) is 9.20 Å². The second-order valence-electron chi connectivity index (χ2n) is 6.86. The summed E-state index contributed by atoms with van der Waals surface area (Å²) in [6.45, 7) is 2.01. The molecule has 2 aromatic heterocycles. The average molecular weight is 465 g/mol. The predicted molar refractivity (Wildman–Crippen MR) is 116 cm³/mol. The molecule has 0 aliphatic carbocycles. The van der Waals surface area contributed by atoms with Crippen LogP contribution in [0.4, 0.5) is 18.9 Å². The number of pyridine rings is 1. The Bertz CT molecular complexity index is 1290. The lowest BCUT2D eigenvalue weighted by atomic mass is 10.1. The van der Waals surface area contributed by atoms with Crippen LogP contribution in [0.15, 0.2) is 53.7 Å². The van der Waals surface area contributed by atoms with E-state index in [0.717, 1.165) is 34.7 Å². The first-order chi connectivity index (χ1) is 14.7. The molecule has 0 radical (unpaired) electrons. The number of para-hydroxylation sites is 1. The van der Waals surface area contributed by atoms with Gasteiger partial charge in [0.15, 0.2) is 10.8 Å². The van der Waals surface area contributed by atoms with Crippen molar-refractivity contribution >= 4 is 51.5 Å². The quantitative estimate of drug-likeness (QED) is 0.369. The molecular formula is C21H16ClF3N4OS. The standard InChI is InChI=1S/C21H16ClF3N4OS/c1-12-10-18-27-28-20(29(18)17-5-3-2-4-14(12)17)31-9-8-19(30)26-16-11-13(21(23,24)25)6-7-15(16)22/h2-7,10-11H,8-9H2,1H3,(H,26,30). The van der Waals surface area contributed by atoms with Gasteiger partial charge < -0.3 is 5.32 Å². The lowest BCUT2D eigenvalue weighted by molar-refractivity contribution is -0.137. The number of hydrogen-bond acceptors (Lipinski definition) is 4. The summed E-state index contributed by atoms with van der Waals surface area (Å²) in [6, 6.07) is 12.6. The van der Waals surface area contributed by atoms with Gasteiger partial charge >= 0.3 is 6.18 Å². The third kappa shape index (κ3) is 4.47. The van der Waals surface area contributed by atoms with Crippen molar-refractivity contribution in [2.75, 3.05) is 11.1 Å². The van der Waals surface area contributed by atoms with Crippen LogP contribution in [0.2, 0.25) is 5.02 Å². The van der Waals surface area contributed by atoms with Crippen LogP contribution in [-0.4, -0.2) is 26.3 Å². The summed E-state index contributed by atoms with van der Waals surface area (Å²) in [5.41, 5.74) is 1.81. The van der Waals surface area contributed by atoms with Crippen molar-refractivity contribution in [3.63, 3.8) is 0 Å². The molecule has 1 amide bonds. The number of aryl methyl sites for hydroxylation is 1. The van der Waals surface area contributed by atoms with Crippen molar-refractivity contribution in [1.82, 2.24) is 14.6 Å². The van der Waals surface area contributed by atoms with E-state index in [1.807, 2.05) is 41.7 Å². The lowest BCUT2D eigenvalue weighted by Crippen LogP contribution is -2.14. The van der Waals surface area contributed by atoms with E-state index in [2.05, 4.69) is 15.5 Å². The molecule has 0 saturated heterocycles.